The molecule has 2 N–H and O–H groups in total. The molecule has 6 nitrogen and oxygen atoms in total. The Balaban J connectivity index is 1.77. The summed E-state index contributed by atoms with van der Waals surface area (Å²) in [6, 6.07) is 7.30. The molecular formula is C20H19N3O3S. The van der Waals surface area contributed by atoms with Crippen molar-refractivity contribution in [2.24, 2.45) is 0 Å². The molecule has 7 heteroatoms. The van der Waals surface area contributed by atoms with Crippen LogP contribution >= 0.6 is 11.3 Å². The summed E-state index contributed by atoms with van der Waals surface area (Å²) >= 11 is 1.52. The van der Waals surface area contributed by atoms with Crippen molar-refractivity contribution in [2.45, 2.75) is 13.3 Å². The maximum absolute atomic E-state index is 11.8. The van der Waals surface area contributed by atoms with Gasteiger partial charge < -0.3 is 15.2 Å². The summed E-state index contributed by atoms with van der Waals surface area (Å²) in [4.78, 5) is 20.4. The first kappa shape index (κ1) is 18.8. The number of nitrogens with one attached hydrogen (secondary N) is 1. The van der Waals surface area contributed by atoms with Crippen LogP contribution in [-0.4, -0.2) is 40.8 Å². The summed E-state index contributed by atoms with van der Waals surface area (Å²) < 4.78 is 5.94. The molecule has 0 saturated heterocycles. The summed E-state index contributed by atoms with van der Waals surface area (Å²) in [5.41, 5.74) is 3.12. The van der Waals surface area contributed by atoms with Crippen LogP contribution in [0.5, 0.6) is 0 Å². The molecule has 3 rings (SSSR count). The lowest BCUT2D eigenvalue weighted by molar-refractivity contribution is 0.0526. The van der Waals surface area contributed by atoms with Gasteiger partial charge in [-0.05, 0) is 24.6 Å². The van der Waals surface area contributed by atoms with Crippen LogP contribution in [-0.2, 0) is 11.2 Å². The van der Waals surface area contributed by atoms with Gasteiger partial charge in [-0.1, -0.05) is 24.0 Å². The number of hydrogen-bond acceptors (Lipinski definition) is 7. The van der Waals surface area contributed by atoms with Crippen LogP contribution in [0.4, 0.5) is 5.82 Å². The van der Waals surface area contributed by atoms with Gasteiger partial charge in [0.25, 0.3) is 0 Å². The van der Waals surface area contributed by atoms with Crippen molar-refractivity contribution >= 4 is 33.3 Å². The lowest BCUT2D eigenvalue weighted by Crippen LogP contribution is -2.07. The molecule has 2 heterocycles. The van der Waals surface area contributed by atoms with Gasteiger partial charge in [-0.3, -0.25) is 0 Å². The Morgan fingerprint density at radius 3 is 3.07 bits per heavy atom. The Kier molecular flexibility index (Phi) is 6.36. The number of anilines is 1. The Morgan fingerprint density at radius 1 is 1.37 bits per heavy atom. The highest BCUT2D eigenvalue weighted by molar-refractivity contribution is 7.18. The van der Waals surface area contributed by atoms with Gasteiger partial charge in [0, 0.05) is 18.3 Å². The number of aliphatic hydroxyl groups is 1. The molecule has 0 radical (unpaired) electrons. The minimum atomic E-state index is -0.323. The van der Waals surface area contributed by atoms with E-state index in [4.69, 9.17) is 9.84 Å². The summed E-state index contributed by atoms with van der Waals surface area (Å²) in [7, 11) is 0. The highest BCUT2D eigenvalue weighted by Crippen LogP contribution is 2.28. The van der Waals surface area contributed by atoms with E-state index < -0.39 is 0 Å². The number of ether oxygens (including phenoxy) is 1. The fraction of sp³-hybridized carbons (Fsp3) is 0.250. The fourth-order valence-corrected chi connectivity index (χ4v) is 3.42. The van der Waals surface area contributed by atoms with Gasteiger partial charge in [0.05, 0.1) is 29.0 Å². The summed E-state index contributed by atoms with van der Waals surface area (Å²) in [6.07, 6.45) is 2.01. The van der Waals surface area contributed by atoms with Gasteiger partial charge in [-0.25, -0.2) is 14.8 Å². The molecule has 0 spiro atoms. The van der Waals surface area contributed by atoms with E-state index in [1.807, 2.05) is 17.5 Å². The topological polar surface area (TPSA) is 84.3 Å². The normalized spacial score (nSPS) is 10.3. The summed E-state index contributed by atoms with van der Waals surface area (Å²) in [5.74, 6) is 6.67. The number of nitrogens with zero attached hydrogens (tertiary/aromatic N) is 2. The smallest absolute Gasteiger partial charge is 0.338 e. The summed E-state index contributed by atoms with van der Waals surface area (Å²) in [5, 5.41) is 14.0. The quantitative estimate of drug-likeness (QED) is 0.505. The maximum atomic E-state index is 11.8. The average molecular weight is 381 g/mol. The first-order valence-electron chi connectivity index (χ1n) is 8.54. The van der Waals surface area contributed by atoms with Crippen LogP contribution in [0.15, 0.2) is 36.0 Å². The number of carbonyl (C=O) groups is 1. The minimum Gasteiger partial charge on any atom is -0.462 e. The van der Waals surface area contributed by atoms with Gasteiger partial charge in [0.1, 0.15) is 17.7 Å². The molecule has 0 bridgehead atoms. The minimum absolute atomic E-state index is 0.0361. The van der Waals surface area contributed by atoms with Crippen LogP contribution in [0.2, 0.25) is 0 Å². The fourth-order valence-electron chi connectivity index (χ4n) is 2.50. The third kappa shape index (κ3) is 4.61. The number of carbonyl (C=O) groups excluding carboxylic acids is 1. The standard InChI is InChI=1S/C20H19N3O3S/c1-2-26-20(25)15-7-3-5-14(11-15)6-4-8-16-12-27-18-17(16)22-13-23-19(18)21-9-10-24/h3,5,7,11-13,24H,2,6,9-10H2,1H3,(H,21,22,23). The molecule has 0 aliphatic heterocycles. The zero-order valence-electron chi connectivity index (χ0n) is 14.9. The van der Waals surface area contributed by atoms with Gasteiger partial charge in [0.15, 0.2) is 0 Å². The van der Waals surface area contributed by atoms with Crippen molar-refractivity contribution in [1.29, 1.82) is 0 Å². The average Bonchev–Trinajstić information content (AvgIpc) is 3.10. The number of rotatable bonds is 6. The second kappa shape index (κ2) is 9.12. The number of aromatic nitrogens is 2. The lowest BCUT2D eigenvalue weighted by Gasteiger charge is -2.03. The molecule has 2 aromatic heterocycles. The Hall–Kier alpha value is -2.95. The van der Waals surface area contributed by atoms with Crippen molar-refractivity contribution in [3.05, 3.63) is 52.7 Å². The molecule has 27 heavy (non-hydrogen) atoms. The molecule has 0 amide bonds. The van der Waals surface area contributed by atoms with E-state index in [-0.39, 0.29) is 12.6 Å². The molecule has 0 atom stereocenters. The zero-order chi connectivity index (χ0) is 19.1. The van der Waals surface area contributed by atoms with Crippen LogP contribution in [0, 0.1) is 11.8 Å². The molecule has 0 fully saturated rings. The van der Waals surface area contributed by atoms with Crippen molar-refractivity contribution in [3.8, 4) is 11.8 Å². The third-order valence-corrected chi connectivity index (χ3v) is 4.69. The van der Waals surface area contributed by atoms with E-state index >= 15 is 0 Å². The number of hydrogen-bond donors (Lipinski definition) is 2. The Bertz CT molecular complexity index is 1000. The molecule has 1 aromatic carbocycles. The van der Waals surface area contributed by atoms with E-state index in [1.165, 1.54) is 17.7 Å². The van der Waals surface area contributed by atoms with Crippen LogP contribution < -0.4 is 5.32 Å². The zero-order valence-corrected chi connectivity index (χ0v) is 15.7. The molecule has 0 aliphatic rings. The molecule has 0 saturated carbocycles. The predicted octanol–water partition coefficient (Wildman–Crippen LogP) is 2.87. The number of aliphatic hydroxyl groups excluding tert-OH is 1. The van der Waals surface area contributed by atoms with E-state index in [0.717, 1.165) is 21.3 Å². The number of esters is 1. The lowest BCUT2D eigenvalue weighted by atomic mass is 10.1. The second-order valence-corrected chi connectivity index (χ2v) is 6.48. The van der Waals surface area contributed by atoms with Gasteiger partial charge in [-0.15, -0.1) is 11.3 Å². The van der Waals surface area contributed by atoms with Crippen molar-refractivity contribution in [1.82, 2.24) is 9.97 Å². The molecule has 0 unspecified atom stereocenters. The maximum Gasteiger partial charge on any atom is 0.338 e. The van der Waals surface area contributed by atoms with Gasteiger partial charge >= 0.3 is 5.97 Å². The van der Waals surface area contributed by atoms with Gasteiger partial charge in [-0.2, -0.15) is 0 Å². The van der Waals surface area contributed by atoms with Crippen LogP contribution in [0.3, 0.4) is 0 Å². The van der Waals surface area contributed by atoms with E-state index in [1.54, 1.807) is 19.1 Å². The first-order chi connectivity index (χ1) is 13.2. The number of thiophene rings is 1. The van der Waals surface area contributed by atoms with Crippen LogP contribution in [0.1, 0.15) is 28.4 Å². The molecule has 0 aliphatic carbocycles. The molecule has 138 valence electrons. The predicted molar refractivity (Wildman–Crippen MR) is 106 cm³/mol. The first-order valence-corrected chi connectivity index (χ1v) is 9.42. The largest absolute Gasteiger partial charge is 0.462 e. The van der Waals surface area contributed by atoms with E-state index in [9.17, 15) is 4.79 Å². The molecule has 3 aromatic rings. The van der Waals surface area contributed by atoms with E-state index in [2.05, 4.69) is 27.1 Å². The van der Waals surface area contributed by atoms with Crippen LogP contribution in [0.25, 0.3) is 10.2 Å². The van der Waals surface area contributed by atoms with Gasteiger partial charge in [0.2, 0.25) is 0 Å². The SMILES string of the molecule is CCOC(=O)c1cccc(CC#Cc2csc3c(NCCO)ncnc23)c1. The van der Waals surface area contributed by atoms with E-state index in [0.29, 0.717) is 31.0 Å². The summed E-state index contributed by atoms with van der Waals surface area (Å²) in [6.45, 7) is 2.61. The molecular weight excluding hydrogens is 362 g/mol. The van der Waals surface area contributed by atoms with Crippen molar-refractivity contribution in [3.63, 3.8) is 0 Å². The second-order valence-electron chi connectivity index (χ2n) is 5.60. The van der Waals surface area contributed by atoms with Crippen molar-refractivity contribution < 1.29 is 14.6 Å². The highest BCUT2D eigenvalue weighted by Gasteiger charge is 2.09. The number of benzene rings is 1. The number of fused-ring (bicyclic) bond motifs is 1. The third-order valence-electron chi connectivity index (χ3n) is 3.71. The monoisotopic (exact) mass is 381 g/mol. The Morgan fingerprint density at radius 2 is 2.26 bits per heavy atom. The van der Waals surface area contributed by atoms with Crippen molar-refractivity contribution in [2.75, 3.05) is 25.1 Å². The Labute approximate surface area is 161 Å². The highest BCUT2D eigenvalue weighted by atomic mass is 32.1.